The summed E-state index contributed by atoms with van der Waals surface area (Å²) in [5.74, 6) is 0.173. The van der Waals surface area contributed by atoms with E-state index in [0.717, 1.165) is 0 Å². The molecule has 0 aliphatic carbocycles. The van der Waals surface area contributed by atoms with Crippen molar-refractivity contribution in [1.29, 1.82) is 0 Å². The van der Waals surface area contributed by atoms with Gasteiger partial charge in [-0.15, -0.1) is 5.10 Å². The summed E-state index contributed by atoms with van der Waals surface area (Å²) in [5.41, 5.74) is -3.06. The van der Waals surface area contributed by atoms with Crippen molar-refractivity contribution in [3.8, 4) is 0 Å². The van der Waals surface area contributed by atoms with Crippen molar-refractivity contribution < 1.29 is 40.7 Å². The normalized spacial score (nSPS) is 21.3. The predicted octanol–water partition coefficient (Wildman–Crippen LogP) is 6.12. The highest BCUT2D eigenvalue weighted by Gasteiger charge is 2.41. The number of likely N-dealkylation sites (tertiary alicyclic amines) is 1. The largest absolute Gasteiger partial charge is 0.465 e. The van der Waals surface area contributed by atoms with Crippen LogP contribution < -0.4 is 4.90 Å². The van der Waals surface area contributed by atoms with E-state index in [9.17, 15) is 36.2 Å². The third kappa shape index (κ3) is 5.99. The molecule has 0 saturated carbocycles. The molecule has 0 spiro atoms. The van der Waals surface area contributed by atoms with Crippen molar-refractivity contribution in [2.45, 2.75) is 83.5 Å². The summed E-state index contributed by atoms with van der Waals surface area (Å²) in [4.78, 5) is 14.7. The summed E-state index contributed by atoms with van der Waals surface area (Å²) in [6.45, 7) is 4.79. The number of halogens is 6. The first-order chi connectivity index (χ1) is 16.2. The Morgan fingerprint density at radius 2 is 1.54 bits per heavy atom. The van der Waals surface area contributed by atoms with Gasteiger partial charge in [-0.2, -0.15) is 26.3 Å². The first-order valence-electron chi connectivity index (χ1n) is 11.1. The molecular formula is C22H26F6N4O3. The van der Waals surface area contributed by atoms with Gasteiger partial charge in [0.2, 0.25) is 5.89 Å². The minimum Gasteiger partial charge on any atom is -0.465 e. The number of hydrogen-bond acceptors (Lipinski definition) is 5. The first-order valence-corrected chi connectivity index (χ1v) is 11.1. The van der Waals surface area contributed by atoms with Crippen molar-refractivity contribution in [3.63, 3.8) is 0 Å². The Balaban J connectivity index is 2.05. The zero-order chi connectivity index (χ0) is 26.1. The molecule has 13 heteroatoms. The molecule has 2 heterocycles. The molecule has 2 atom stereocenters. The number of rotatable bonds is 6. The standard InChI is InChI=1S/C22H26F6N4O3/c1-4-16-9-18(10-17(5-2)32(16)20(33)34)31(19-30-29-12(3)35-19)11-13-6-14(21(23,24)25)8-15(7-13)22(26,27)28/h6-8,16-18H,4-5,9-11H2,1-3H3,(H,33,34). The van der Waals surface area contributed by atoms with E-state index in [0.29, 0.717) is 37.8 Å². The van der Waals surface area contributed by atoms with Gasteiger partial charge in [0.15, 0.2) is 0 Å². The van der Waals surface area contributed by atoms with Crippen LogP contribution in [0, 0.1) is 6.92 Å². The molecule has 1 fully saturated rings. The summed E-state index contributed by atoms with van der Waals surface area (Å²) in [6, 6.07) is 0.135. The first kappa shape index (κ1) is 26.6. The van der Waals surface area contributed by atoms with Gasteiger partial charge in [0.1, 0.15) is 0 Å². The van der Waals surface area contributed by atoms with Gasteiger partial charge in [-0.25, -0.2) is 4.79 Å². The summed E-state index contributed by atoms with van der Waals surface area (Å²) < 4.78 is 85.8. The molecule has 0 bridgehead atoms. The maximum atomic E-state index is 13.4. The highest BCUT2D eigenvalue weighted by molar-refractivity contribution is 5.66. The molecule has 2 unspecified atom stereocenters. The summed E-state index contributed by atoms with van der Waals surface area (Å²) in [7, 11) is 0. The maximum absolute atomic E-state index is 13.4. The Morgan fingerprint density at radius 3 is 1.91 bits per heavy atom. The number of carboxylic acid groups (broad SMARTS) is 1. The number of amides is 1. The average Bonchev–Trinajstić information content (AvgIpc) is 3.20. The number of benzene rings is 1. The lowest BCUT2D eigenvalue weighted by Gasteiger charge is -2.46. The van der Waals surface area contributed by atoms with E-state index in [1.54, 1.807) is 0 Å². The van der Waals surface area contributed by atoms with Gasteiger partial charge < -0.3 is 19.3 Å². The number of alkyl halides is 6. The summed E-state index contributed by atoms with van der Waals surface area (Å²) >= 11 is 0. The lowest BCUT2D eigenvalue weighted by Crippen LogP contribution is -2.56. The number of hydrogen-bond donors (Lipinski definition) is 1. The van der Waals surface area contributed by atoms with Crippen LogP contribution in [-0.4, -0.2) is 44.4 Å². The van der Waals surface area contributed by atoms with Crippen LogP contribution in [0.2, 0.25) is 0 Å². The van der Waals surface area contributed by atoms with E-state index in [-0.39, 0.29) is 30.1 Å². The molecule has 1 aliphatic heterocycles. The molecule has 1 N–H and O–H groups in total. The van der Waals surface area contributed by atoms with Crippen LogP contribution >= 0.6 is 0 Å². The highest BCUT2D eigenvalue weighted by Crippen LogP contribution is 2.38. The smallest absolute Gasteiger partial charge is 0.416 e. The highest BCUT2D eigenvalue weighted by atomic mass is 19.4. The fourth-order valence-corrected chi connectivity index (χ4v) is 4.61. The molecule has 0 radical (unpaired) electrons. The van der Waals surface area contributed by atoms with Crippen molar-refractivity contribution in [1.82, 2.24) is 15.1 Å². The molecule has 7 nitrogen and oxygen atoms in total. The number of carbonyl (C=O) groups is 1. The monoisotopic (exact) mass is 508 g/mol. The van der Waals surface area contributed by atoms with Crippen LogP contribution in [0.15, 0.2) is 22.6 Å². The average molecular weight is 508 g/mol. The molecule has 3 rings (SSSR count). The maximum Gasteiger partial charge on any atom is 0.416 e. The van der Waals surface area contributed by atoms with Crippen LogP contribution in [0.3, 0.4) is 0 Å². The Bertz CT molecular complexity index is 993. The number of anilines is 1. The van der Waals surface area contributed by atoms with Gasteiger partial charge >= 0.3 is 24.5 Å². The molecule has 1 saturated heterocycles. The molecule has 1 aromatic carbocycles. The lowest BCUT2D eigenvalue weighted by atomic mass is 9.87. The van der Waals surface area contributed by atoms with Crippen molar-refractivity contribution in [2.24, 2.45) is 0 Å². The Hall–Kier alpha value is -2.99. The van der Waals surface area contributed by atoms with Crippen LogP contribution in [0.4, 0.5) is 37.2 Å². The van der Waals surface area contributed by atoms with E-state index < -0.39 is 47.7 Å². The Kier molecular flexibility index (Phi) is 7.56. The van der Waals surface area contributed by atoms with Gasteiger partial charge in [-0.3, -0.25) is 0 Å². The second kappa shape index (κ2) is 9.94. The fraction of sp³-hybridized carbons (Fsp3) is 0.591. The minimum absolute atomic E-state index is 0.0491. The molecule has 1 aromatic heterocycles. The predicted molar refractivity (Wildman–Crippen MR) is 113 cm³/mol. The number of piperidine rings is 1. The minimum atomic E-state index is -4.98. The van der Waals surface area contributed by atoms with E-state index in [4.69, 9.17) is 4.42 Å². The molecule has 1 amide bonds. The quantitative estimate of drug-likeness (QED) is 0.474. The van der Waals surface area contributed by atoms with E-state index in [1.807, 2.05) is 13.8 Å². The van der Waals surface area contributed by atoms with Crippen LogP contribution in [0.1, 0.15) is 62.1 Å². The lowest BCUT2D eigenvalue weighted by molar-refractivity contribution is -0.143. The van der Waals surface area contributed by atoms with Crippen LogP contribution in [0.5, 0.6) is 0 Å². The van der Waals surface area contributed by atoms with Gasteiger partial charge in [0.25, 0.3) is 0 Å². The van der Waals surface area contributed by atoms with E-state index >= 15 is 0 Å². The van der Waals surface area contributed by atoms with Gasteiger partial charge in [0.05, 0.1) is 11.1 Å². The number of aromatic nitrogens is 2. The van der Waals surface area contributed by atoms with Crippen molar-refractivity contribution in [2.75, 3.05) is 4.90 Å². The van der Waals surface area contributed by atoms with Crippen LogP contribution in [-0.2, 0) is 18.9 Å². The van der Waals surface area contributed by atoms with Crippen molar-refractivity contribution >= 4 is 12.1 Å². The zero-order valence-corrected chi connectivity index (χ0v) is 19.3. The van der Waals surface area contributed by atoms with Gasteiger partial charge in [0, 0.05) is 31.6 Å². The number of aryl methyl sites for hydroxylation is 1. The Labute approximate surface area is 197 Å². The molecule has 2 aromatic rings. The van der Waals surface area contributed by atoms with Gasteiger partial charge in [-0.1, -0.05) is 18.9 Å². The van der Waals surface area contributed by atoms with E-state index in [2.05, 4.69) is 10.2 Å². The SMILES string of the molecule is CCC1CC(N(Cc2cc(C(F)(F)F)cc(C(F)(F)F)c2)c2nnc(C)o2)CC(CC)N1C(=O)O. The summed E-state index contributed by atoms with van der Waals surface area (Å²) in [6.07, 6.45) is -9.47. The topological polar surface area (TPSA) is 82.7 Å². The summed E-state index contributed by atoms with van der Waals surface area (Å²) in [5, 5.41) is 17.4. The third-order valence-electron chi connectivity index (χ3n) is 6.24. The third-order valence-corrected chi connectivity index (χ3v) is 6.24. The molecule has 35 heavy (non-hydrogen) atoms. The van der Waals surface area contributed by atoms with Gasteiger partial charge in [-0.05, 0) is 49.4 Å². The molecule has 194 valence electrons. The van der Waals surface area contributed by atoms with Crippen molar-refractivity contribution in [3.05, 3.63) is 40.8 Å². The molecule has 1 aliphatic rings. The zero-order valence-electron chi connectivity index (χ0n) is 19.3. The Morgan fingerprint density at radius 1 is 1.03 bits per heavy atom. The second-order valence-corrected chi connectivity index (χ2v) is 8.58. The van der Waals surface area contributed by atoms with E-state index in [1.165, 1.54) is 16.7 Å². The van der Waals surface area contributed by atoms with Crippen LogP contribution in [0.25, 0.3) is 0 Å². The number of nitrogens with zero attached hydrogens (tertiary/aromatic N) is 4. The fourth-order valence-electron chi connectivity index (χ4n) is 4.61. The molecular weight excluding hydrogens is 482 g/mol. The second-order valence-electron chi connectivity index (χ2n) is 8.58.